The van der Waals surface area contributed by atoms with Crippen LogP contribution >= 0.6 is 7.52 Å². The van der Waals surface area contributed by atoms with Gasteiger partial charge in [-0.05, 0) is 46.6 Å². The molecule has 3 atom stereocenters. The first-order valence-electron chi connectivity index (χ1n) is 15.3. The lowest BCUT2D eigenvalue weighted by Crippen LogP contribution is -2.48. The van der Waals surface area contributed by atoms with E-state index in [2.05, 4.69) is 27.0 Å². The van der Waals surface area contributed by atoms with E-state index in [4.69, 9.17) is 24.5 Å². The van der Waals surface area contributed by atoms with Gasteiger partial charge in [-0.2, -0.15) is 0 Å². The minimum Gasteiger partial charge on any atom is -0.464 e. The Hall–Kier alpha value is -3.38. The second-order valence-corrected chi connectivity index (χ2v) is 13.9. The van der Waals surface area contributed by atoms with Crippen LogP contribution in [-0.4, -0.2) is 68.3 Å². The average molecular weight is 647 g/mol. The fraction of sp³-hybridized carbons (Fsp3) is 0.581. The second kappa shape index (κ2) is 16.8. The third kappa shape index (κ3) is 11.2. The Kier molecular flexibility index (Phi) is 13.5. The fourth-order valence-electron chi connectivity index (χ4n) is 4.53. The van der Waals surface area contributed by atoms with Crippen molar-refractivity contribution in [1.29, 1.82) is 0 Å². The van der Waals surface area contributed by atoms with Gasteiger partial charge in [0.05, 0.1) is 31.7 Å². The maximum absolute atomic E-state index is 14.6. The van der Waals surface area contributed by atoms with Crippen molar-refractivity contribution in [3.05, 3.63) is 48.5 Å². The summed E-state index contributed by atoms with van der Waals surface area (Å²) >= 11 is 0. The Morgan fingerprint density at radius 3 is 2.49 bits per heavy atom. The molecule has 3 N–H and O–H groups in total. The number of nitrogens with two attached hydrogens (primary N) is 1. The fourth-order valence-corrected chi connectivity index (χ4v) is 6.67. The van der Waals surface area contributed by atoms with Gasteiger partial charge in [-0.15, -0.1) is 0 Å². The van der Waals surface area contributed by atoms with Gasteiger partial charge in [0.2, 0.25) is 0 Å². The van der Waals surface area contributed by atoms with E-state index >= 15 is 0 Å². The molecule has 0 bridgehead atoms. The highest BCUT2D eigenvalue weighted by Crippen LogP contribution is 2.47. The van der Waals surface area contributed by atoms with Crippen LogP contribution in [0.15, 0.2) is 43.0 Å². The first kappa shape index (κ1) is 36.1. The summed E-state index contributed by atoms with van der Waals surface area (Å²) in [4.78, 5) is 38.8. The van der Waals surface area contributed by atoms with Crippen molar-refractivity contribution in [2.24, 2.45) is 0 Å². The van der Waals surface area contributed by atoms with E-state index in [1.807, 2.05) is 30.3 Å². The average Bonchev–Trinajstić information content (AvgIpc) is 3.39. The molecule has 0 saturated heterocycles. The van der Waals surface area contributed by atoms with Crippen LogP contribution in [0.4, 0.5) is 5.82 Å². The molecule has 2 aromatic heterocycles. The molecular formula is C31H47N6O7P. The second-order valence-electron chi connectivity index (χ2n) is 11.8. The van der Waals surface area contributed by atoms with E-state index in [0.29, 0.717) is 17.7 Å². The number of unbranched alkanes of at least 4 members (excludes halogenated alkanes) is 3. The molecule has 1 aromatic carbocycles. The van der Waals surface area contributed by atoms with E-state index in [1.54, 1.807) is 45.5 Å². The number of hydrogen-bond acceptors (Lipinski definition) is 11. The summed E-state index contributed by atoms with van der Waals surface area (Å²) in [5.41, 5.74) is 6.25. The Morgan fingerprint density at radius 1 is 1.07 bits per heavy atom. The molecular weight excluding hydrogens is 599 g/mol. The highest BCUT2D eigenvalue weighted by molar-refractivity contribution is 7.56. The zero-order valence-corrected chi connectivity index (χ0v) is 28.0. The van der Waals surface area contributed by atoms with Crippen molar-refractivity contribution < 1.29 is 32.9 Å². The molecule has 0 fully saturated rings. The van der Waals surface area contributed by atoms with Crippen LogP contribution in [0.1, 0.15) is 72.8 Å². The molecule has 0 saturated carbocycles. The van der Waals surface area contributed by atoms with Crippen molar-refractivity contribution in [1.82, 2.24) is 24.6 Å². The van der Waals surface area contributed by atoms with Gasteiger partial charge in [-0.1, -0.05) is 56.5 Å². The number of rotatable bonds is 19. The molecule has 2 heterocycles. The van der Waals surface area contributed by atoms with Crippen LogP contribution in [0.5, 0.6) is 0 Å². The van der Waals surface area contributed by atoms with E-state index in [1.165, 1.54) is 6.33 Å². The Morgan fingerprint density at radius 2 is 1.80 bits per heavy atom. The third-order valence-electron chi connectivity index (χ3n) is 6.78. The molecule has 3 aromatic rings. The van der Waals surface area contributed by atoms with Crippen molar-refractivity contribution >= 4 is 36.4 Å². The SMILES string of the molecule is CCCCCCOC(=O)C(C)(C)NP(=O)(CO[C@H](C)Cn1cnc2c(N)ncnc21)O[C@@H](Cc1ccccc1)C(=O)OC(C)C. The van der Waals surface area contributed by atoms with Gasteiger partial charge >= 0.3 is 11.9 Å². The number of ether oxygens (including phenoxy) is 3. The number of benzene rings is 1. The number of carbonyl (C=O) groups excluding carboxylic acids is 2. The maximum Gasteiger partial charge on any atom is 0.336 e. The summed E-state index contributed by atoms with van der Waals surface area (Å²) in [6.45, 7) is 11.0. The number of imidazole rings is 1. The largest absolute Gasteiger partial charge is 0.464 e. The minimum atomic E-state index is -4.08. The zero-order chi connectivity index (χ0) is 33.0. The van der Waals surface area contributed by atoms with Gasteiger partial charge in [-0.3, -0.25) is 9.36 Å². The number of fused-ring (bicyclic) bond motifs is 1. The van der Waals surface area contributed by atoms with E-state index in [9.17, 15) is 14.2 Å². The Labute approximate surface area is 265 Å². The maximum atomic E-state index is 14.6. The predicted molar refractivity (Wildman–Crippen MR) is 171 cm³/mol. The third-order valence-corrected chi connectivity index (χ3v) is 8.76. The molecule has 0 aliphatic heterocycles. The van der Waals surface area contributed by atoms with E-state index < -0.39 is 49.7 Å². The smallest absolute Gasteiger partial charge is 0.336 e. The monoisotopic (exact) mass is 646 g/mol. The van der Waals surface area contributed by atoms with Crippen LogP contribution in [0.2, 0.25) is 0 Å². The van der Waals surface area contributed by atoms with Gasteiger partial charge in [0, 0.05) is 6.42 Å². The van der Waals surface area contributed by atoms with Gasteiger partial charge in [0.1, 0.15) is 23.7 Å². The topological polar surface area (TPSA) is 170 Å². The van der Waals surface area contributed by atoms with Crippen LogP contribution in [0.25, 0.3) is 11.2 Å². The number of esters is 2. The molecule has 0 amide bonds. The summed E-state index contributed by atoms with van der Waals surface area (Å²) in [6, 6.07) is 9.19. The minimum absolute atomic E-state index is 0.0953. The van der Waals surface area contributed by atoms with Crippen LogP contribution in [0.3, 0.4) is 0 Å². The lowest BCUT2D eigenvalue weighted by Gasteiger charge is -2.32. The van der Waals surface area contributed by atoms with Crippen molar-refractivity contribution in [3.63, 3.8) is 0 Å². The van der Waals surface area contributed by atoms with E-state index in [0.717, 1.165) is 31.2 Å². The van der Waals surface area contributed by atoms with Crippen LogP contribution in [0, 0.1) is 0 Å². The molecule has 3 rings (SSSR count). The molecule has 0 radical (unpaired) electrons. The lowest BCUT2D eigenvalue weighted by molar-refractivity contribution is -0.156. The normalized spacial score (nSPS) is 14.6. The van der Waals surface area contributed by atoms with Gasteiger partial charge in [0.25, 0.3) is 7.52 Å². The highest BCUT2D eigenvalue weighted by atomic mass is 31.2. The summed E-state index contributed by atoms with van der Waals surface area (Å²) in [7, 11) is -4.08. The summed E-state index contributed by atoms with van der Waals surface area (Å²) in [5.74, 6) is -1.02. The molecule has 14 heteroatoms. The Balaban J connectivity index is 1.82. The van der Waals surface area contributed by atoms with E-state index in [-0.39, 0.29) is 18.8 Å². The first-order chi connectivity index (χ1) is 21.3. The standard InChI is InChI=1S/C31H47N6O7P/c1-7-8-9-13-16-41-30(39)31(5,6)36-45(40,44-25(29(38)43-22(2)3)17-24-14-11-10-12-15-24)21-42-23(4)18-37-20-35-26-27(32)33-19-34-28(26)37/h10-12,14-15,19-20,22-23,25H,7-9,13,16-18,21H2,1-6H3,(H,36,40)(H2,32,33,34)/t23-,25+,45?/m1/s1. The lowest BCUT2D eigenvalue weighted by atomic mass is 10.1. The number of nitrogens with one attached hydrogen (secondary N) is 1. The quantitative estimate of drug-likeness (QED) is 0.101. The number of anilines is 1. The molecule has 248 valence electrons. The molecule has 1 unspecified atom stereocenters. The molecule has 0 aliphatic rings. The van der Waals surface area contributed by atoms with Crippen LogP contribution in [-0.2, 0) is 45.9 Å². The van der Waals surface area contributed by atoms with Gasteiger partial charge in [0.15, 0.2) is 17.6 Å². The van der Waals surface area contributed by atoms with Crippen molar-refractivity contribution in [2.75, 3.05) is 18.7 Å². The summed E-state index contributed by atoms with van der Waals surface area (Å²) < 4.78 is 39.4. The number of aromatic nitrogens is 4. The van der Waals surface area contributed by atoms with Gasteiger partial charge in [-0.25, -0.2) is 24.8 Å². The van der Waals surface area contributed by atoms with Crippen molar-refractivity contribution in [2.45, 2.75) is 104 Å². The first-order valence-corrected chi connectivity index (χ1v) is 17.2. The summed E-state index contributed by atoms with van der Waals surface area (Å²) in [5, 5.41) is 2.87. The summed E-state index contributed by atoms with van der Waals surface area (Å²) in [6.07, 6.45) is 4.15. The number of carbonyl (C=O) groups is 2. The molecule has 0 aliphatic carbocycles. The number of hydrogen-bond donors (Lipinski definition) is 2. The number of nitrogens with zero attached hydrogens (tertiary/aromatic N) is 4. The molecule has 45 heavy (non-hydrogen) atoms. The zero-order valence-electron chi connectivity index (χ0n) is 27.1. The van der Waals surface area contributed by atoms with Crippen molar-refractivity contribution in [3.8, 4) is 0 Å². The molecule has 0 spiro atoms. The Bertz CT molecular complexity index is 1430. The van der Waals surface area contributed by atoms with Crippen LogP contribution < -0.4 is 10.8 Å². The predicted octanol–water partition coefficient (Wildman–Crippen LogP) is 5.04. The highest BCUT2D eigenvalue weighted by Gasteiger charge is 2.41. The van der Waals surface area contributed by atoms with Gasteiger partial charge < -0.3 is 29.0 Å². The molecule has 13 nitrogen and oxygen atoms in total. The number of nitrogen functional groups attached to an aromatic ring is 1.